The van der Waals surface area contributed by atoms with E-state index in [1.165, 1.54) is 18.3 Å². The Hall–Kier alpha value is 0.420. The van der Waals surface area contributed by atoms with Gasteiger partial charge in [0, 0.05) is 12.6 Å². The summed E-state index contributed by atoms with van der Waals surface area (Å²) >= 11 is 4.92. The highest BCUT2D eigenvalue weighted by molar-refractivity contribution is 14.1. The zero-order valence-electron chi connectivity index (χ0n) is 7.57. The van der Waals surface area contributed by atoms with Crippen molar-refractivity contribution >= 4 is 48.8 Å². The maximum absolute atomic E-state index is 2.47. The van der Waals surface area contributed by atoms with E-state index in [1.54, 1.807) is 0 Å². The molecule has 1 aliphatic carbocycles. The van der Waals surface area contributed by atoms with E-state index in [-0.39, 0.29) is 5.41 Å². The summed E-state index contributed by atoms with van der Waals surface area (Å²) in [4.78, 5) is 0. The van der Waals surface area contributed by atoms with E-state index in [4.69, 9.17) is 0 Å². The Labute approximate surface area is 106 Å². The molecule has 0 amide bonds. The van der Waals surface area contributed by atoms with Crippen LogP contribution in [0.25, 0.3) is 3.58 Å². The van der Waals surface area contributed by atoms with Gasteiger partial charge in [-0.1, -0.05) is 38.1 Å². The fraction of sp³-hybridized carbons (Fsp3) is 0.273. The molecule has 68 valence electrons. The first-order chi connectivity index (χ1) is 6.05. The van der Waals surface area contributed by atoms with E-state index >= 15 is 0 Å². The van der Waals surface area contributed by atoms with Crippen molar-refractivity contribution in [2.45, 2.75) is 19.3 Å². The molecule has 13 heavy (non-hydrogen) atoms. The smallest absolute Gasteiger partial charge is 0.0307 e. The van der Waals surface area contributed by atoms with Gasteiger partial charge in [0.25, 0.3) is 0 Å². The highest BCUT2D eigenvalue weighted by Crippen LogP contribution is 2.51. The van der Waals surface area contributed by atoms with Crippen LogP contribution in [0.2, 0.25) is 0 Å². The zero-order valence-corrected chi connectivity index (χ0v) is 11.9. The Balaban J connectivity index is 2.74. The summed E-state index contributed by atoms with van der Waals surface area (Å²) in [5, 5.41) is 0. The lowest BCUT2D eigenvalue weighted by Crippen LogP contribution is -2.13. The molecule has 0 bridgehead atoms. The predicted molar refractivity (Wildman–Crippen MR) is 74.4 cm³/mol. The highest BCUT2D eigenvalue weighted by Gasteiger charge is 2.34. The molecule has 1 aromatic rings. The maximum atomic E-state index is 2.47. The van der Waals surface area contributed by atoms with Crippen molar-refractivity contribution in [3.8, 4) is 0 Å². The van der Waals surface area contributed by atoms with Crippen LogP contribution < -0.4 is 0 Å². The molecule has 0 radical (unpaired) electrons. The van der Waals surface area contributed by atoms with E-state index in [1.807, 2.05) is 0 Å². The van der Waals surface area contributed by atoms with Crippen LogP contribution in [0.5, 0.6) is 0 Å². The first-order valence-corrected chi connectivity index (χ1v) is 6.36. The van der Waals surface area contributed by atoms with Gasteiger partial charge in [-0.25, -0.2) is 0 Å². The molecule has 2 heteroatoms. The minimum atomic E-state index is 0.216. The molecule has 0 spiro atoms. The first-order valence-electron chi connectivity index (χ1n) is 4.21. The second-order valence-corrected chi connectivity index (χ2v) is 5.96. The number of hydrogen-bond donors (Lipinski definition) is 0. The Bertz CT molecular complexity index is 389. The summed E-state index contributed by atoms with van der Waals surface area (Å²) in [6.07, 6.45) is 0. The van der Waals surface area contributed by atoms with Crippen molar-refractivity contribution in [1.29, 1.82) is 0 Å². The zero-order chi connectivity index (χ0) is 9.64. The van der Waals surface area contributed by atoms with Crippen LogP contribution >= 0.6 is 45.2 Å². The fourth-order valence-corrected chi connectivity index (χ4v) is 3.46. The summed E-state index contributed by atoms with van der Waals surface area (Å²) in [5.41, 5.74) is 3.09. The standard InChI is InChI=1S/C11H10I2/c1-11(2)8-6-4-3-5-7(8)9(12)10(11)13/h3-6H,1-2H3. The number of benzene rings is 1. The van der Waals surface area contributed by atoms with E-state index in [0.717, 1.165) is 0 Å². The highest BCUT2D eigenvalue weighted by atomic mass is 127. The molecule has 0 heterocycles. The lowest BCUT2D eigenvalue weighted by atomic mass is 9.87. The average molecular weight is 396 g/mol. The monoisotopic (exact) mass is 396 g/mol. The van der Waals surface area contributed by atoms with Gasteiger partial charge in [0.15, 0.2) is 0 Å². The molecule has 0 fully saturated rings. The third-order valence-electron chi connectivity index (χ3n) is 2.58. The SMILES string of the molecule is CC1(C)C(I)=C(I)c2ccccc21. The van der Waals surface area contributed by atoms with Gasteiger partial charge in [0.2, 0.25) is 0 Å². The van der Waals surface area contributed by atoms with Crippen molar-refractivity contribution in [2.75, 3.05) is 0 Å². The molecule has 2 rings (SSSR count). The van der Waals surface area contributed by atoms with E-state index < -0.39 is 0 Å². The van der Waals surface area contributed by atoms with Crippen molar-refractivity contribution in [2.24, 2.45) is 0 Å². The topological polar surface area (TPSA) is 0 Å². The predicted octanol–water partition coefficient (Wildman–Crippen LogP) is 4.52. The van der Waals surface area contributed by atoms with Gasteiger partial charge in [0.05, 0.1) is 0 Å². The normalized spacial score (nSPS) is 19.1. The molecule has 0 nitrogen and oxygen atoms in total. The van der Waals surface area contributed by atoms with Gasteiger partial charge in [-0.15, -0.1) is 0 Å². The van der Waals surface area contributed by atoms with Gasteiger partial charge in [0.1, 0.15) is 0 Å². The maximum Gasteiger partial charge on any atom is 0.0307 e. The van der Waals surface area contributed by atoms with Crippen molar-refractivity contribution < 1.29 is 0 Å². The minimum absolute atomic E-state index is 0.216. The fourth-order valence-electron chi connectivity index (χ4n) is 1.73. The molecule has 0 atom stereocenters. The van der Waals surface area contributed by atoms with Crippen LogP contribution in [0.15, 0.2) is 27.8 Å². The summed E-state index contributed by atoms with van der Waals surface area (Å²) in [6.45, 7) is 4.58. The molecule has 0 aliphatic heterocycles. The molecular formula is C11H10I2. The lowest BCUT2D eigenvalue weighted by Gasteiger charge is -2.20. The molecular weight excluding hydrogens is 386 g/mol. The Morgan fingerprint density at radius 1 is 1.08 bits per heavy atom. The average Bonchev–Trinajstić information content (AvgIpc) is 2.30. The molecule has 1 aliphatic rings. The van der Waals surface area contributed by atoms with Gasteiger partial charge in [-0.3, -0.25) is 0 Å². The Morgan fingerprint density at radius 3 is 2.31 bits per heavy atom. The summed E-state index contributed by atoms with van der Waals surface area (Å²) in [7, 11) is 0. The van der Waals surface area contributed by atoms with Gasteiger partial charge >= 0.3 is 0 Å². The largest absolute Gasteiger partial charge is 0.0619 e. The van der Waals surface area contributed by atoms with Crippen LogP contribution in [-0.2, 0) is 5.41 Å². The van der Waals surface area contributed by atoms with Crippen LogP contribution in [-0.4, -0.2) is 0 Å². The molecule has 0 unspecified atom stereocenters. The van der Waals surface area contributed by atoms with Crippen molar-refractivity contribution in [3.05, 3.63) is 39.0 Å². The summed E-state index contributed by atoms with van der Waals surface area (Å²) in [6, 6.07) is 8.69. The summed E-state index contributed by atoms with van der Waals surface area (Å²) in [5.74, 6) is 0. The van der Waals surface area contributed by atoms with E-state index in [0.29, 0.717) is 0 Å². The van der Waals surface area contributed by atoms with Gasteiger partial charge in [-0.05, 0) is 56.3 Å². The summed E-state index contributed by atoms with van der Waals surface area (Å²) < 4.78 is 2.88. The molecule has 0 aromatic heterocycles. The van der Waals surface area contributed by atoms with E-state index in [9.17, 15) is 0 Å². The van der Waals surface area contributed by atoms with Crippen LogP contribution in [0.3, 0.4) is 0 Å². The number of allylic oxidation sites excluding steroid dienone is 1. The first kappa shape index (κ1) is 9.96. The number of rotatable bonds is 0. The van der Waals surface area contributed by atoms with Crippen LogP contribution in [0.4, 0.5) is 0 Å². The Morgan fingerprint density at radius 2 is 1.69 bits per heavy atom. The third-order valence-corrected chi connectivity index (χ3v) is 6.62. The molecule has 0 saturated heterocycles. The van der Waals surface area contributed by atoms with Gasteiger partial charge < -0.3 is 0 Å². The van der Waals surface area contributed by atoms with Crippen LogP contribution in [0, 0.1) is 0 Å². The number of fused-ring (bicyclic) bond motifs is 1. The lowest BCUT2D eigenvalue weighted by molar-refractivity contribution is 0.678. The third kappa shape index (κ3) is 1.37. The van der Waals surface area contributed by atoms with Gasteiger partial charge in [-0.2, -0.15) is 0 Å². The second-order valence-electron chi connectivity index (χ2n) is 3.80. The van der Waals surface area contributed by atoms with Crippen molar-refractivity contribution in [3.63, 3.8) is 0 Å². The quantitative estimate of drug-likeness (QED) is 0.567. The second kappa shape index (κ2) is 3.22. The number of hydrogen-bond acceptors (Lipinski definition) is 0. The van der Waals surface area contributed by atoms with E-state index in [2.05, 4.69) is 83.3 Å². The molecule has 1 aromatic carbocycles. The molecule has 0 saturated carbocycles. The Kier molecular flexibility index (Phi) is 2.47. The number of halogens is 2. The van der Waals surface area contributed by atoms with Crippen LogP contribution in [0.1, 0.15) is 25.0 Å². The van der Waals surface area contributed by atoms with Crippen molar-refractivity contribution in [1.82, 2.24) is 0 Å². The minimum Gasteiger partial charge on any atom is -0.0619 e. The molecule has 0 N–H and O–H groups in total.